The van der Waals surface area contributed by atoms with E-state index in [-0.39, 0.29) is 12.6 Å². The van der Waals surface area contributed by atoms with Crippen molar-refractivity contribution in [1.82, 2.24) is 9.44 Å². The molecule has 3 N–H and O–H groups in total. The first-order valence-electron chi connectivity index (χ1n) is 4.28. The van der Waals surface area contributed by atoms with Crippen LogP contribution in [0.25, 0.3) is 0 Å². The molecular formula is C7H18N2O3S. The van der Waals surface area contributed by atoms with Crippen molar-refractivity contribution in [2.75, 3.05) is 6.54 Å². The topological polar surface area (TPSA) is 78.4 Å². The Morgan fingerprint density at radius 2 is 1.85 bits per heavy atom. The summed E-state index contributed by atoms with van der Waals surface area (Å²) >= 11 is 0. The number of aliphatic hydroxyl groups is 1. The molecule has 13 heavy (non-hydrogen) atoms. The van der Waals surface area contributed by atoms with Crippen LogP contribution in [0.3, 0.4) is 0 Å². The molecule has 0 fully saturated rings. The van der Waals surface area contributed by atoms with Gasteiger partial charge >= 0.3 is 0 Å². The normalized spacial score (nSPS) is 14.8. The summed E-state index contributed by atoms with van der Waals surface area (Å²) in [5, 5.41) is 8.88. The lowest BCUT2D eigenvalue weighted by Gasteiger charge is -2.10. The summed E-state index contributed by atoms with van der Waals surface area (Å²) in [5.74, 6) is 0. The van der Waals surface area contributed by atoms with Gasteiger partial charge in [0.1, 0.15) is 0 Å². The molecule has 0 heterocycles. The van der Waals surface area contributed by atoms with Crippen LogP contribution in [0.5, 0.6) is 0 Å². The monoisotopic (exact) mass is 210 g/mol. The van der Waals surface area contributed by atoms with Crippen molar-refractivity contribution in [3.63, 3.8) is 0 Å². The van der Waals surface area contributed by atoms with Crippen LogP contribution in [0.4, 0.5) is 0 Å². The second-order valence-corrected chi connectivity index (χ2v) is 4.84. The zero-order valence-electron chi connectivity index (χ0n) is 8.24. The minimum atomic E-state index is -3.39. The summed E-state index contributed by atoms with van der Waals surface area (Å²) in [4.78, 5) is 0. The molecule has 0 spiro atoms. The molecule has 0 aliphatic heterocycles. The highest BCUT2D eigenvalue weighted by molar-refractivity contribution is 7.87. The molecular weight excluding hydrogens is 192 g/mol. The largest absolute Gasteiger partial charge is 0.393 e. The molecule has 1 atom stereocenters. The van der Waals surface area contributed by atoms with E-state index in [9.17, 15) is 8.42 Å². The second-order valence-electron chi connectivity index (χ2n) is 3.31. The quantitative estimate of drug-likeness (QED) is 0.557. The smallest absolute Gasteiger partial charge is 0.277 e. The van der Waals surface area contributed by atoms with E-state index in [0.717, 1.165) is 0 Å². The van der Waals surface area contributed by atoms with Gasteiger partial charge in [0.25, 0.3) is 10.2 Å². The third kappa shape index (κ3) is 8.17. The SMILES string of the molecule is CC(O)CCNS(=O)(=O)NC(C)C. The van der Waals surface area contributed by atoms with Crippen molar-refractivity contribution in [2.45, 2.75) is 39.3 Å². The molecule has 0 aromatic rings. The molecule has 0 saturated heterocycles. The second kappa shape index (κ2) is 5.54. The van der Waals surface area contributed by atoms with Gasteiger partial charge in [0.05, 0.1) is 6.10 Å². The first-order chi connectivity index (χ1) is 5.83. The molecule has 0 aromatic carbocycles. The molecule has 0 radical (unpaired) electrons. The van der Waals surface area contributed by atoms with Crippen molar-refractivity contribution < 1.29 is 13.5 Å². The van der Waals surface area contributed by atoms with E-state index in [1.807, 2.05) is 0 Å². The predicted molar refractivity (Wildman–Crippen MR) is 51.5 cm³/mol. The van der Waals surface area contributed by atoms with E-state index in [4.69, 9.17) is 5.11 Å². The van der Waals surface area contributed by atoms with Gasteiger partial charge in [-0.05, 0) is 27.2 Å². The third-order valence-electron chi connectivity index (χ3n) is 1.25. The Morgan fingerprint density at radius 3 is 2.23 bits per heavy atom. The Hall–Kier alpha value is -0.170. The Kier molecular flexibility index (Phi) is 5.46. The maximum absolute atomic E-state index is 11.1. The summed E-state index contributed by atoms with van der Waals surface area (Å²) in [7, 11) is -3.39. The van der Waals surface area contributed by atoms with E-state index in [0.29, 0.717) is 6.42 Å². The zero-order chi connectivity index (χ0) is 10.5. The molecule has 0 bridgehead atoms. The molecule has 0 aliphatic carbocycles. The van der Waals surface area contributed by atoms with E-state index in [1.165, 1.54) is 0 Å². The summed E-state index contributed by atoms with van der Waals surface area (Å²) in [5.41, 5.74) is 0. The van der Waals surface area contributed by atoms with Gasteiger partial charge in [0.2, 0.25) is 0 Å². The number of rotatable bonds is 6. The Labute approximate surface area is 79.7 Å². The summed E-state index contributed by atoms with van der Waals surface area (Å²) < 4.78 is 26.9. The minimum absolute atomic E-state index is 0.121. The molecule has 0 aromatic heterocycles. The van der Waals surface area contributed by atoms with Gasteiger partial charge in [0.15, 0.2) is 0 Å². The average molecular weight is 210 g/mol. The van der Waals surface area contributed by atoms with Crippen LogP contribution in [-0.4, -0.2) is 32.2 Å². The predicted octanol–water partition coefficient (Wildman–Crippen LogP) is -0.410. The van der Waals surface area contributed by atoms with Crippen LogP contribution in [-0.2, 0) is 10.2 Å². The maximum Gasteiger partial charge on any atom is 0.277 e. The van der Waals surface area contributed by atoms with Gasteiger partial charge < -0.3 is 5.11 Å². The molecule has 0 aliphatic rings. The van der Waals surface area contributed by atoms with Crippen molar-refractivity contribution >= 4 is 10.2 Å². The van der Waals surface area contributed by atoms with Gasteiger partial charge in [-0.15, -0.1) is 0 Å². The summed E-state index contributed by atoms with van der Waals surface area (Å²) in [6.45, 7) is 5.35. The molecule has 1 unspecified atom stereocenters. The van der Waals surface area contributed by atoms with E-state index >= 15 is 0 Å². The fraction of sp³-hybridized carbons (Fsp3) is 1.00. The Bertz CT molecular complexity index is 224. The molecule has 0 saturated carbocycles. The molecule has 0 rings (SSSR count). The van der Waals surface area contributed by atoms with E-state index in [2.05, 4.69) is 9.44 Å². The first kappa shape index (κ1) is 12.8. The molecule has 5 nitrogen and oxygen atoms in total. The lowest BCUT2D eigenvalue weighted by molar-refractivity contribution is 0.186. The number of aliphatic hydroxyl groups excluding tert-OH is 1. The zero-order valence-corrected chi connectivity index (χ0v) is 9.06. The number of hydrogen-bond acceptors (Lipinski definition) is 3. The fourth-order valence-electron chi connectivity index (χ4n) is 0.754. The van der Waals surface area contributed by atoms with Crippen LogP contribution in [0.2, 0.25) is 0 Å². The Balaban J connectivity index is 3.77. The van der Waals surface area contributed by atoms with Crippen molar-refractivity contribution in [2.24, 2.45) is 0 Å². The van der Waals surface area contributed by atoms with Crippen LogP contribution >= 0.6 is 0 Å². The van der Waals surface area contributed by atoms with Gasteiger partial charge in [-0.2, -0.15) is 13.1 Å². The Morgan fingerprint density at radius 1 is 1.31 bits per heavy atom. The van der Waals surface area contributed by atoms with Crippen molar-refractivity contribution in [1.29, 1.82) is 0 Å². The van der Waals surface area contributed by atoms with Crippen LogP contribution in [0.15, 0.2) is 0 Å². The van der Waals surface area contributed by atoms with Crippen molar-refractivity contribution in [3.05, 3.63) is 0 Å². The standard InChI is InChI=1S/C7H18N2O3S/c1-6(2)9-13(11,12)8-5-4-7(3)10/h6-10H,4-5H2,1-3H3. The minimum Gasteiger partial charge on any atom is -0.393 e. The van der Waals surface area contributed by atoms with Gasteiger partial charge in [-0.3, -0.25) is 0 Å². The first-order valence-corrected chi connectivity index (χ1v) is 5.77. The van der Waals surface area contributed by atoms with Gasteiger partial charge in [-0.25, -0.2) is 4.72 Å². The fourth-order valence-corrected chi connectivity index (χ4v) is 1.84. The highest BCUT2D eigenvalue weighted by atomic mass is 32.2. The van der Waals surface area contributed by atoms with Crippen LogP contribution in [0, 0.1) is 0 Å². The molecule has 6 heteroatoms. The van der Waals surface area contributed by atoms with Crippen LogP contribution in [0.1, 0.15) is 27.2 Å². The number of nitrogens with one attached hydrogen (secondary N) is 2. The van der Waals surface area contributed by atoms with Gasteiger partial charge in [0, 0.05) is 12.6 Å². The molecule has 80 valence electrons. The van der Waals surface area contributed by atoms with Gasteiger partial charge in [-0.1, -0.05) is 0 Å². The van der Waals surface area contributed by atoms with E-state index < -0.39 is 16.3 Å². The number of hydrogen-bond donors (Lipinski definition) is 3. The summed E-state index contributed by atoms with van der Waals surface area (Å²) in [6, 6.07) is -0.121. The lowest BCUT2D eigenvalue weighted by Crippen LogP contribution is -2.41. The van der Waals surface area contributed by atoms with Crippen LogP contribution < -0.4 is 9.44 Å². The summed E-state index contributed by atoms with van der Waals surface area (Å²) in [6.07, 6.45) is -0.0688. The van der Waals surface area contributed by atoms with Crippen molar-refractivity contribution in [3.8, 4) is 0 Å². The lowest BCUT2D eigenvalue weighted by atomic mass is 10.3. The van der Waals surface area contributed by atoms with E-state index in [1.54, 1.807) is 20.8 Å². The highest BCUT2D eigenvalue weighted by Crippen LogP contribution is 1.88. The average Bonchev–Trinajstić information content (AvgIpc) is 1.81. The third-order valence-corrected chi connectivity index (χ3v) is 2.61. The molecule has 0 amide bonds. The maximum atomic E-state index is 11.1. The highest BCUT2D eigenvalue weighted by Gasteiger charge is 2.10.